The van der Waals surface area contributed by atoms with Gasteiger partial charge in [0.2, 0.25) is 5.91 Å². The molecule has 1 rings (SSSR count). The molecule has 18 heavy (non-hydrogen) atoms. The van der Waals surface area contributed by atoms with Crippen LogP contribution in [0.4, 0.5) is 11.4 Å². The predicted octanol–water partition coefficient (Wildman–Crippen LogP) is 2.17. The SMILES string of the molecule is CC(C)C(=O)Nc1ccc(NC(C)C(=O)O)cc1. The van der Waals surface area contributed by atoms with Gasteiger partial charge in [0.1, 0.15) is 6.04 Å². The van der Waals surface area contributed by atoms with Crippen LogP contribution in [0.1, 0.15) is 20.8 Å². The van der Waals surface area contributed by atoms with E-state index in [0.717, 1.165) is 0 Å². The minimum absolute atomic E-state index is 0.0467. The first-order chi connectivity index (χ1) is 8.40. The van der Waals surface area contributed by atoms with Crippen molar-refractivity contribution in [3.8, 4) is 0 Å². The fourth-order valence-corrected chi connectivity index (χ4v) is 1.25. The van der Waals surface area contributed by atoms with Gasteiger partial charge in [-0.15, -0.1) is 0 Å². The number of rotatable bonds is 5. The summed E-state index contributed by atoms with van der Waals surface area (Å²) in [5.74, 6) is -1.03. The summed E-state index contributed by atoms with van der Waals surface area (Å²) in [7, 11) is 0. The zero-order chi connectivity index (χ0) is 13.7. The summed E-state index contributed by atoms with van der Waals surface area (Å²) in [5.41, 5.74) is 1.40. The van der Waals surface area contributed by atoms with Crippen molar-refractivity contribution in [1.29, 1.82) is 0 Å². The second kappa shape index (κ2) is 6.05. The molecule has 1 aromatic carbocycles. The lowest BCUT2D eigenvalue weighted by atomic mass is 10.2. The van der Waals surface area contributed by atoms with Crippen LogP contribution in [0.3, 0.4) is 0 Å². The highest BCUT2D eigenvalue weighted by Crippen LogP contribution is 2.15. The average Bonchev–Trinajstić information content (AvgIpc) is 2.31. The maximum absolute atomic E-state index is 11.5. The van der Waals surface area contributed by atoms with E-state index in [1.54, 1.807) is 31.2 Å². The van der Waals surface area contributed by atoms with Gasteiger partial charge in [-0.2, -0.15) is 0 Å². The number of benzene rings is 1. The highest BCUT2D eigenvalue weighted by atomic mass is 16.4. The zero-order valence-electron chi connectivity index (χ0n) is 10.7. The van der Waals surface area contributed by atoms with E-state index >= 15 is 0 Å². The maximum atomic E-state index is 11.5. The van der Waals surface area contributed by atoms with Crippen molar-refractivity contribution in [3.63, 3.8) is 0 Å². The van der Waals surface area contributed by atoms with Gasteiger partial charge in [0.15, 0.2) is 0 Å². The van der Waals surface area contributed by atoms with E-state index in [4.69, 9.17) is 5.11 Å². The van der Waals surface area contributed by atoms with Crippen LogP contribution < -0.4 is 10.6 Å². The Kier molecular flexibility index (Phi) is 4.71. The number of anilines is 2. The molecular formula is C13H18N2O3. The topological polar surface area (TPSA) is 78.4 Å². The molecule has 5 heteroatoms. The summed E-state index contributed by atoms with van der Waals surface area (Å²) >= 11 is 0. The van der Waals surface area contributed by atoms with E-state index in [9.17, 15) is 9.59 Å². The molecule has 0 fully saturated rings. The van der Waals surface area contributed by atoms with Crippen molar-refractivity contribution in [1.82, 2.24) is 0 Å². The number of hydrogen-bond donors (Lipinski definition) is 3. The molecule has 3 N–H and O–H groups in total. The van der Waals surface area contributed by atoms with Crippen LogP contribution in [0.5, 0.6) is 0 Å². The summed E-state index contributed by atoms with van der Waals surface area (Å²) in [5, 5.41) is 14.4. The quantitative estimate of drug-likeness (QED) is 0.748. The second-order valence-corrected chi connectivity index (χ2v) is 4.43. The predicted molar refractivity (Wildman–Crippen MR) is 70.6 cm³/mol. The van der Waals surface area contributed by atoms with E-state index < -0.39 is 12.0 Å². The van der Waals surface area contributed by atoms with Crippen LogP contribution in [0, 0.1) is 5.92 Å². The number of carbonyl (C=O) groups is 2. The molecule has 0 aliphatic rings. The number of hydrogen-bond acceptors (Lipinski definition) is 3. The minimum atomic E-state index is -0.910. The number of carbonyl (C=O) groups excluding carboxylic acids is 1. The Morgan fingerprint density at radius 2 is 1.56 bits per heavy atom. The highest BCUT2D eigenvalue weighted by molar-refractivity contribution is 5.92. The fourth-order valence-electron chi connectivity index (χ4n) is 1.25. The van der Waals surface area contributed by atoms with Gasteiger partial charge in [-0.25, -0.2) is 0 Å². The molecule has 0 spiro atoms. The molecule has 5 nitrogen and oxygen atoms in total. The maximum Gasteiger partial charge on any atom is 0.325 e. The number of nitrogens with one attached hydrogen (secondary N) is 2. The minimum Gasteiger partial charge on any atom is -0.480 e. The standard InChI is InChI=1S/C13H18N2O3/c1-8(2)12(16)15-11-6-4-10(5-7-11)14-9(3)13(17)18/h4-9,14H,1-3H3,(H,15,16)(H,17,18). The molecule has 0 saturated carbocycles. The fraction of sp³-hybridized carbons (Fsp3) is 0.385. The molecule has 1 atom stereocenters. The summed E-state index contributed by atoms with van der Waals surface area (Å²) < 4.78 is 0. The molecule has 1 aromatic rings. The molecule has 0 heterocycles. The number of aliphatic carboxylic acids is 1. The van der Waals surface area contributed by atoms with Crippen LogP contribution in [0.15, 0.2) is 24.3 Å². The largest absolute Gasteiger partial charge is 0.480 e. The number of carboxylic acids is 1. The molecule has 0 radical (unpaired) electrons. The van der Waals surface area contributed by atoms with Gasteiger partial charge in [-0.3, -0.25) is 9.59 Å². The first-order valence-electron chi connectivity index (χ1n) is 5.80. The Balaban J connectivity index is 2.63. The lowest BCUT2D eigenvalue weighted by Crippen LogP contribution is -2.25. The van der Waals surface area contributed by atoms with Crippen LogP contribution in [0.25, 0.3) is 0 Å². The van der Waals surface area contributed by atoms with Crippen molar-refractivity contribution in [3.05, 3.63) is 24.3 Å². The Hall–Kier alpha value is -2.04. The zero-order valence-corrected chi connectivity index (χ0v) is 10.7. The number of carboxylic acid groups (broad SMARTS) is 1. The third-order valence-electron chi connectivity index (χ3n) is 2.43. The van der Waals surface area contributed by atoms with Crippen molar-refractivity contribution in [2.75, 3.05) is 10.6 Å². The molecule has 0 aliphatic heterocycles. The van der Waals surface area contributed by atoms with Gasteiger partial charge in [0.05, 0.1) is 0 Å². The van der Waals surface area contributed by atoms with Crippen LogP contribution >= 0.6 is 0 Å². The van der Waals surface area contributed by atoms with Gasteiger partial charge in [0.25, 0.3) is 0 Å². The average molecular weight is 250 g/mol. The molecule has 0 aromatic heterocycles. The van der Waals surface area contributed by atoms with Crippen molar-refractivity contribution in [2.24, 2.45) is 5.92 Å². The van der Waals surface area contributed by atoms with E-state index in [1.165, 1.54) is 0 Å². The van der Waals surface area contributed by atoms with Gasteiger partial charge in [-0.05, 0) is 31.2 Å². The lowest BCUT2D eigenvalue weighted by molar-refractivity contribution is -0.137. The van der Waals surface area contributed by atoms with Crippen molar-refractivity contribution >= 4 is 23.3 Å². The Labute approximate surface area is 106 Å². The van der Waals surface area contributed by atoms with Gasteiger partial charge in [0, 0.05) is 17.3 Å². The smallest absolute Gasteiger partial charge is 0.325 e. The molecule has 0 aliphatic carbocycles. The van der Waals surface area contributed by atoms with E-state index in [0.29, 0.717) is 11.4 Å². The first kappa shape index (κ1) is 14.0. The second-order valence-electron chi connectivity index (χ2n) is 4.43. The molecule has 0 bridgehead atoms. The summed E-state index contributed by atoms with van der Waals surface area (Å²) in [6.45, 7) is 5.20. The monoisotopic (exact) mass is 250 g/mol. The van der Waals surface area contributed by atoms with Gasteiger partial charge >= 0.3 is 5.97 Å². The van der Waals surface area contributed by atoms with Crippen molar-refractivity contribution in [2.45, 2.75) is 26.8 Å². The van der Waals surface area contributed by atoms with Gasteiger partial charge in [-0.1, -0.05) is 13.8 Å². The van der Waals surface area contributed by atoms with E-state index in [1.807, 2.05) is 13.8 Å². The molecule has 1 amide bonds. The third kappa shape index (κ3) is 4.08. The van der Waals surface area contributed by atoms with Crippen LogP contribution in [0.2, 0.25) is 0 Å². The summed E-state index contributed by atoms with van der Waals surface area (Å²) in [6, 6.07) is 6.28. The third-order valence-corrected chi connectivity index (χ3v) is 2.43. The van der Waals surface area contributed by atoms with E-state index in [2.05, 4.69) is 10.6 Å². The van der Waals surface area contributed by atoms with E-state index in [-0.39, 0.29) is 11.8 Å². The Morgan fingerprint density at radius 3 is 2.00 bits per heavy atom. The first-order valence-corrected chi connectivity index (χ1v) is 5.80. The number of amides is 1. The molecule has 0 saturated heterocycles. The highest BCUT2D eigenvalue weighted by Gasteiger charge is 2.10. The van der Waals surface area contributed by atoms with Crippen LogP contribution in [-0.2, 0) is 9.59 Å². The summed E-state index contributed by atoms with van der Waals surface area (Å²) in [4.78, 5) is 22.1. The lowest BCUT2D eigenvalue weighted by Gasteiger charge is -2.12. The molecule has 1 unspecified atom stereocenters. The Morgan fingerprint density at radius 1 is 1.06 bits per heavy atom. The van der Waals surface area contributed by atoms with Crippen LogP contribution in [-0.4, -0.2) is 23.0 Å². The summed E-state index contributed by atoms with van der Waals surface area (Å²) in [6.07, 6.45) is 0. The molecular weight excluding hydrogens is 232 g/mol. The van der Waals surface area contributed by atoms with Crippen molar-refractivity contribution < 1.29 is 14.7 Å². The molecule has 98 valence electrons. The van der Waals surface area contributed by atoms with Gasteiger partial charge < -0.3 is 15.7 Å². The normalized spacial score (nSPS) is 12.0. The Bertz CT molecular complexity index is 426.